The monoisotopic (exact) mass is 306 g/mol. The zero-order valence-corrected chi connectivity index (χ0v) is 13.4. The largest absolute Gasteiger partial charge is 0.494 e. The summed E-state index contributed by atoms with van der Waals surface area (Å²) in [6.07, 6.45) is 4.30. The molecular formula is C16H22N2O2S. The van der Waals surface area contributed by atoms with Gasteiger partial charge in [0.1, 0.15) is 12.0 Å². The molecule has 2 aromatic rings. The summed E-state index contributed by atoms with van der Waals surface area (Å²) in [5, 5.41) is 4.20. The van der Waals surface area contributed by atoms with E-state index in [1.807, 2.05) is 12.1 Å². The van der Waals surface area contributed by atoms with E-state index < -0.39 is 0 Å². The molecule has 4 nitrogen and oxygen atoms in total. The van der Waals surface area contributed by atoms with E-state index in [0.717, 1.165) is 31.1 Å². The van der Waals surface area contributed by atoms with Gasteiger partial charge in [0.25, 0.3) is 5.22 Å². The molecule has 0 saturated heterocycles. The fraction of sp³-hybridized carbons (Fsp3) is 0.438. The van der Waals surface area contributed by atoms with Crippen LogP contribution in [0.25, 0.3) is 0 Å². The van der Waals surface area contributed by atoms with Crippen molar-refractivity contribution in [2.75, 3.05) is 18.9 Å². The highest BCUT2D eigenvalue weighted by atomic mass is 32.2. The van der Waals surface area contributed by atoms with Gasteiger partial charge in [0.15, 0.2) is 0 Å². The van der Waals surface area contributed by atoms with Crippen LogP contribution < -0.4 is 10.1 Å². The first-order chi connectivity index (χ1) is 10.3. The summed E-state index contributed by atoms with van der Waals surface area (Å²) < 4.78 is 10.9. The molecule has 0 saturated carbocycles. The third-order valence-corrected chi connectivity index (χ3v) is 3.94. The third kappa shape index (κ3) is 5.10. The molecule has 114 valence electrons. The summed E-state index contributed by atoms with van der Waals surface area (Å²) in [6.45, 7) is 5.90. The van der Waals surface area contributed by atoms with Gasteiger partial charge >= 0.3 is 0 Å². The van der Waals surface area contributed by atoms with Crippen molar-refractivity contribution in [1.29, 1.82) is 0 Å². The Morgan fingerprint density at radius 2 is 2.10 bits per heavy atom. The van der Waals surface area contributed by atoms with Crippen LogP contribution in [0, 0.1) is 0 Å². The molecule has 0 spiro atoms. The smallest absolute Gasteiger partial charge is 0.255 e. The Morgan fingerprint density at radius 3 is 2.71 bits per heavy atom. The second-order valence-corrected chi connectivity index (χ2v) is 5.61. The van der Waals surface area contributed by atoms with E-state index >= 15 is 0 Å². The minimum Gasteiger partial charge on any atom is -0.494 e. The molecule has 1 atom stereocenters. The van der Waals surface area contributed by atoms with Crippen molar-refractivity contribution in [1.82, 2.24) is 10.3 Å². The van der Waals surface area contributed by atoms with Crippen molar-refractivity contribution >= 4 is 11.8 Å². The van der Waals surface area contributed by atoms with Gasteiger partial charge in [0, 0.05) is 11.8 Å². The van der Waals surface area contributed by atoms with Crippen LogP contribution >= 0.6 is 11.8 Å². The van der Waals surface area contributed by atoms with Gasteiger partial charge in [0.05, 0.1) is 12.8 Å². The Bertz CT molecular complexity index is 500. The van der Waals surface area contributed by atoms with E-state index in [2.05, 4.69) is 36.3 Å². The molecule has 5 heteroatoms. The van der Waals surface area contributed by atoms with Crippen LogP contribution in [-0.4, -0.2) is 23.9 Å². The predicted molar refractivity (Wildman–Crippen MR) is 85.9 cm³/mol. The standard InChI is InChI=1S/C16H22N2O2S/c1-3-10-19-14-7-5-13(6-8-14)15(17-4-2)12-21-16-18-9-11-20-16/h5-9,11,15,17H,3-4,10,12H2,1-2H3. The molecule has 0 amide bonds. The zero-order chi connectivity index (χ0) is 14.9. The number of nitrogens with zero attached hydrogens (tertiary/aromatic N) is 1. The van der Waals surface area contributed by atoms with Crippen LogP contribution in [0.3, 0.4) is 0 Å². The van der Waals surface area contributed by atoms with Gasteiger partial charge in [0.2, 0.25) is 0 Å². The number of ether oxygens (including phenoxy) is 1. The van der Waals surface area contributed by atoms with E-state index in [0.29, 0.717) is 5.22 Å². The van der Waals surface area contributed by atoms with Crippen molar-refractivity contribution in [2.45, 2.75) is 31.5 Å². The number of aromatic nitrogens is 1. The molecule has 1 aromatic carbocycles. The SMILES string of the molecule is CCCOc1ccc(C(CSc2ncco2)NCC)cc1. The molecule has 0 aliphatic carbocycles. The minimum absolute atomic E-state index is 0.270. The molecule has 1 N–H and O–H groups in total. The zero-order valence-electron chi connectivity index (χ0n) is 12.5. The fourth-order valence-corrected chi connectivity index (χ4v) is 2.85. The van der Waals surface area contributed by atoms with Crippen LogP contribution in [0.5, 0.6) is 5.75 Å². The van der Waals surface area contributed by atoms with E-state index in [1.165, 1.54) is 5.56 Å². The molecular weight excluding hydrogens is 284 g/mol. The lowest BCUT2D eigenvalue weighted by Gasteiger charge is -2.17. The van der Waals surface area contributed by atoms with Crippen LogP contribution in [0.4, 0.5) is 0 Å². The Balaban J connectivity index is 1.96. The summed E-state index contributed by atoms with van der Waals surface area (Å²) in [5.74, 6) is 1.81. The highest BCUT2D eigenvalue weighted by molar-refractivity contribution is 7.99. The Morgan fingerprint density at radius 1 is 1.29 bits per heavy atom. The number of benzene rings is 1. The number of nitrogens with one attached hydrogen (secondary N) is 1. The topological polar surface area (TPSA) is 47.3 Å². The summed E-state index contributed by atoms with van der Waals surface area (Å²) in [7, 11) is 0. The van der Waals surface area contributed by atoms with Gasteiger partial charge in [-0.05, 0) is 30.7 Å². The normalized spacial score (nSPS) is 12.3. The van der Waals surface area contributed by atoms with Crippen molar-refractivity contribution in [2.24, 2.45) is 0 Å². The first-order valence-electron chi connectivity index (χ1n) is 7.32. The summed E-state index contributed by atoms with van der Waals surface area (Å²) in [6, 6.07) is 8.58. The minimum atomic E-state index is 0.270. The first kappa shape index (κ1) is 15.9. The Hall–Kier alpha value is -1.46. The first-order valence-corrected chi connectivity index (χ1v) is 8.30. The quantitative estimate of drug-likeness (QED) is 0.712. The van der Waals surface area contributed by atoms with Crippen LogP contribution in [0.2, 0.25) is 0 Å². The molecule has 0 aliphatic heterocycles. The maximum atomic E-state index is 5.62. The van der Waals surface area contributed by atoms with Crippen molar-refractivity contribution in [3.8, 4) is 5.75 Å². The van der Waals surface area contributed by atoms with Crippen LogP contribution in [0.1, 0.15) is 31.9 Å². The summed E-state index contributed by atoms with van der Waals surface area (Å²) >= 11 is 1.62. The molecule has 21 heavy (non-hydrogen) atoms. The maximum absolute atomic E-state index is 5.62. The third-order valence-electron chi connectivity index (χ3n) is 2.99. The van der Waals surface area contributed by atoms with Gasteiger partial charge in [-0.25, -0.2) is 4.98 Å². The van der Waals surface area contributed by atoms with Crippen molar-refractivity contribution in [3.63, 3.8) is 0 Å². The van der Waals surface area contributed by atoms with Gasteiger partial charge in [-0.1, -0.05) is 37.7 Å². The van der Waals surface area contributed by atoms with E-state index in [-0.39, 0.29) is 6.04 Å². The van der Waals surface area contributed by atoms with Gasteiger partial charge in [-0.2, -0.15) is 0 Å². The van der Waals surface area contributed by atoms with E-state index in [4.69, 9.17) is 9.15 Å². The van der Waals surface area contributed by atoms with Crippen molar-refractivity contribution < 1.29 is 9.15 Å². The molecule has 2 rings (SSSR count). The average Bonchev–Trinajstić information content (AvgIpc) is 3.03. The second-order valence-electron chi connectivity index (χ2n) is 4.64. The van der Waals surface area contributed by atoms with E-state index in [1.54, 1.807) is 24.2 Å². The number of oxazole rings is 1. The van der Waals surface area contributed by atoms with Gasteiger partial charge in [-0.15, -0.1) is 0 Å². The van der Waals surface area contributed by atoms with Crippen LogP contribution in [0.15, 0.2) is 46.4 Å². The van der Waals surface area contributed by atoms with E-state index in [9.17, 15) is 0 Å². The average molecular weight is 306 g/mol. The number of hydrogen-bond acceptors (Lipinski definition) is 5. The lowest BCUT2D eigenvalue weighted by atomic mass is 10.1. The molecule has 0 bridgehead atoms. The lowest BCUT2D eigenvalue weighted by Crippen LogP contribution is -2.22. The number of hydrogen-bond donors (Lipinski definition) is 1. The lowest BCUT2D eigenvalue weighted by molar-refractivity contribution is 0.317. The molecule has 0 radical (unpaired) electrons. The van der Waals surface area contributed by atoms with Gasteiger partial charge < -0.3 is 14.5 Å². The molecule has 1 aromatic heterocycles. The molecule has 1 heterocycles. The highest BCUT2D eigenvalue weighted by Crippen LogP contribution is 2.25. The van der Waals surface area contributed by atoms with Crippen LogP contribution in [-0.2, 0) is 0 Å². The predicted octanol–water partition coefficient (Wildman–Crippen LogP) is 3.91. The number of rotatable bonds is 9. The van der Waals surface area contributed by atoms with Gasteiger partial charge in [-0.3, -0.25) is 0 Å². The summed E-state index contributed by atoms with van der Waals surface area (Å²) in [4.78, 5) is 4.14. The maximum Gasteiger partial charge on any atom is 0.255 e. The molecule has 0 aliphatic rings. The number of thioether (sulfide) groups is 1. The molecule has 0 fully saturated rings. The Kier molecular flexibility index (Phi) is 6.63. The second kappa shape index (κ2) is 8.74. The van der Waals surface area contributed by atoms with Crippen molar-refractivity contribution in [3.05, 3.63) is 42.3 Å². The fourth-order valence-electron chi connectivity index (χ4n) is 1.97. The summed E-state index contributed by atoms with van der Waals surface area (Å²) in [5.41, 5.74) is 1.25. The molecule has 1 unspecified atom stereocenters. The highest BCUT2D eigenvalue weighted by Gasteiger charge is 2.12. The Labute approximate surface area is 130 Å².